The second kappa shape index (κ2) is 12.0. The minimum absolute atomic E-state index is 0.281. The van der Waals surface area contributed by atoms with Crippen molar-refractivity contribution in [3.05, 3.63) is 113 Å². The van der Waals surface area contributed by atoms with Crippen molar-refractivity contribution in [3.63, 3.8) is 0 Å². The molecule has 0 saturated heterocycles. The third-order valence-electron chi connectivity index (χ3n) is 6.88. The molecule has 0 spiro atoms. The van der Waals surface area contributed by atoms with Crippen LogP contribution in [0.2, 0.25) is 0 Å². The number of carbonyl (C=O) groups excluding carboxylic acids is 2. The SMILES string of the molecule is CCOC(=O)c1ccc(C(=O)Nc2cc(Nc3ncc4cccc(-c5ccccc5C(C)C)c4n3)ccc2C)cc1. The monoisotopic (exact) mass is 544 g/mol. The van der Waals surface area contributed by atoms with Crippen LogP contribution in [-0.2, 0) is 4.74 Å². The second-order valence-corrected chi connectivity index (χ2v) is 10.1. The van der Waals surface area contributed by atoms with Crippen LogP contribution in [0.5, 0.6) is 0 Å². The number of ether oxygens (including phenoxy) is 1. The lowest BCUT2D eigenvalue weighted by molar-refractivity contribution is 0.0526. The Balaban J connectivity index is 1.39. The molecule has 0 atom stereocenters. The summed E-state index contributed by atoms with van der Waals surface area (Å²) in [5.41, 5.74) is 7.48. The summed E-state index contributed by atoms with van der Waals surface area (Å²) in [4.78, 5) is 34.3. The number of nitrogens with one attached hydrogen (secondary N) is 2. The lowest BCUT2D eigenvalue weighted by Crippen LogP contribution is -2.13. The van der Waals surface area contributed by atoms with Crippen LogP contribution in [0.25, 0.3) is 22.0 Å². The lowest BCUT2D eigenvalue weighted by atomic mass is 9.91. The maximum atomic E-state index is 13.0. The van der Waals surface area contributed by atoms with E-state index in [1.807, 2.05) is 43.5 Å². The van der Waals surface area contributed by atoms with Gasteiger partial charge < -0.3 is 15.4 Å². The highest BCUT2D eigenvalue weighted by Gasteiger charge is 2.14. The standard InChI is InChI=1S/C34H32N4O3/c1-5-41-33(40)24-16-14-23(15-17-24)32(39)37-30-19-26(18-13-22(30)4)36-34-35-20-25-9-8-12-29(31(25)38-34)28-11-7-6-10-27(28)21(2)3/h6-21H,5H2,1-4H3,(H,37,39)(H,35,36,38). The van der Waals surface area contributed by atoms with E-state index in [9.17, 15) is 9.59 Å². The molecule has 1 amide bonds. The van der Waals surface area contributed by atoms with E-state index in [0.717, 1.165) is 33.3 Å². The van der Waals surface area contributed by atoms with Crippen molar-refractivity contribution in [1.82, 2.24) is 9.97 Å². The molecule has 7 nitrogen and oxygen atoms in total. The van der Waals surface area contributed by atoms with Crippen molar-refractivity contribution >= 4 is 40.1 Å². The Hall–Kier alpha value is -5.04. The fourth-order valence-electron chi connectivity index (χ4n) is 4.71. The molecule has 206 valence electrons. The van der Waals surface area contributed by atoms with E-state index in [1.54, 1.807) is 31.2 Å². The zero-order valence-corrected chi connectivity index (χ0v) is 23.6. The Morgan fingerprint density at radius 3 is 2.37 bits per heavy atom. The van der Waals surface area contributed by atoms with Crippen molar-refractivity contribution in [3.8, 4) is 11.1 Å². The minimum Gasteiger partial charge on any atom is -0.462 e. The van der Waals surface area contributed by atoms with Gasteiger partial charge in [0.25, 0.3) is 5.91 Å². The van der Waals surface area contributed by atoms with Gasteiger partial charge in [-0.25, -0.2) is 14.8 Å². The first kappa shape index (κ1) is 27.5. The maximum absolute atomic E-state index is 13.0. The predicted octanol–water partition coefficient (Wildman–Crippen LogP) is 7.90. The second-order valence-electron chi connectivity index (χ2n) is 10.1. The van der Waals surface area contributed by atoms with E-state index in [4.69, 9.17) is 9.72 Å². The van der Waals surface area contributed by atoms with Gasteiger partial charge in [-0.15, -0.1) is 0 Å². The summed E-state index contributed by atoms with van der Waals surface area (Å²) in [6, 6.07) is 26.7. The topological polar surface area (TPSA) is 93.2 Å². The molecular weight excluding hydrogens is 512 g/mol. The molecule has 0 unspecified atom stereocenters. The van der Waals surface area contributed by atoms with Crippen LogP contribution >= 0.6 is 0 Å². The molecular formula is C34H32N4O3. The molecule has 7 heteroatoms. The third-order valence-corrected chi connectivity index (χ3v) is 6.88. The summed E-state index contributed by atoms with van der Waals surface area (Å²) < 4.78 is 5.01. The number of aryl methyl sites for hydroxylation is 1. The summed E-state index contributed by atoms with van der Waals surface area (Å²) in [6.07, 6.45) is 1.82. The highest BCUT2D eigenvalue weighted by molar-refractivity contribution is 6.05. The van der Waals surface area contributed by atoms with Crippen molar-refractivity contribution in [2.75, 3.05) is 17.2 Å². The first-order chi connectivity index (χ1) is 19.8. The Kier molecular flexibility index (Phi) is 8.06. The van der Waals surface area contributed by atoms with Crippen LogP contribution in [-0.4, -0.2) is 28.5 Å². The van der Waals surface area contributed by atoms with Gasteiger partial charge in [-0.1, -0.05) is 62.4 Å². The van der Waals surface area contributed by atoms with E-state index in [2.05, 4.69) is 59.8 Å². The molecule has 1 aromatic heterocycles. The highest BCUT2D eigenvalue weighted by Crippen LogP contribution is 2.34. The van der Waals surface area contributed by atoms with Crippen LogP contribution in [0.3, 0.4) is 0 Å². The number of aromatic nitrogens is 2. The largest absolute Gasteiger partial charge is 0.462 e. The Morgan fingerprint density at radius 2 is 1.61 bits per heavy atom. The summed E-state index contributed by atoms with van der Waals surface area (Å²) >= 11 is 0. The zero-order chi connectivity index (χ0) is 28.9. The van der Waals surface area contributed by atoms with Crippen molar-refractivity contribution in [2.24, 2.45) is 0 Å². The fraction of sp³-hybridized carbons (Fsp3) is 0.176. The van der Waals surface area contributed by atoms with Gasteiger partial charge in [0.1, 0.15) is 0 Å². The molecule has 0 radical (unpaired) electrons. The van der Waals surface area contributed by atoms with Gasteiger partial charge >= 0.3 is 5.97 Å². The van der Waals surface area contributed by atoms with Crippen molar-refractivity contribution in [1.29, 1.82) is 0 Å². The molecule has 41 heavy (non-hydrogen) atoms. The van der Waals surface area contributed by atoms with Crippen LogP contribution < -0.4 is 10.6 Å². The Bertz CT molecular complexity index is 1730. The fourth-order valence-corrected chi connectivity index (χ4v) is 4.71. The van der Waals surface area contributed by atoms with E-state index in [0.29, 0.717) is 35.3 Å². The molecule has 4 aromatic carbocycles. The summed E-state index contributed by atoms with van der Waals surface area (Å²) in [5.74, 6) is 0.137. The molecule has 0 aliphatic carbocycles. The molecule has 0 saturated carbocycles. The molecule has 0 bridgehead atoms. The van der Waals surface area contributed by atoms with E-state index in [1.165, 1.54) is 5.56 Å². The van der Waals surface area contributed by atoms with E-state index in [-0.39, 0.29) is 5.91 Å². The number of para-hydroxylation sites is 1. The average molecular weight is 545 g/mol. The van der Waals surface area contributed by atoms with Crippen molar-refractivity contribution < 1.29 is 14.3 Å². The number of nitrogens with zero attached hydrogens (tertiary/aromatic N) is 2. The van der Waals surface area contributed by atoms with Gasteiger partial charge in [-0.3, -0.25) is 4.79 Å². The summed E-state index contributed by atoms with van der Waals surface area (Å²) in [6.45, 7) is 8.36. The molecule has 5 rings (SSSR count). The number of carbonyl (C=O) groups is 2. The smallest absolute Gasteiger partial charge is 0.338 e. The number of benzene rings is 4. The summed E-state index contributed by atoms with van der Waals surface area (Å²) in [7, 11) is 0. The highest BCUT2D eigenvalue weighted by atomic mass is 16.5. The van der Waals surface area contributed by atoms with Crippen LogP contribution in [0, 0.1) is 6.92 Å². The van der Waals surface area contributed by atoms with Gasteiger partial charge in [0, 0.05) is 34.1 Å². The number of fused-ring (bicyclic) bond motifs is 1. The third kappa shape index (κ3) is 6.09. The number of esters is 1. The first-order valence-corrected chi connectivity index (χ1v) is 13.6. The van der Waals surface area contributed by atoms with Gasteiger partial charge in [0.2, 0.25) is 5.95 Å². The van der Waals surface area contributed by atoms with Crippen molar-refractivity contribution in [2.45, 2.75) is 33.6 Å². The number of hydrogen-bond donors (Lipinski definition) is 2. The number of rotatable bonds is 8. The average Bonchev–Trinajstić information content (AvgIpc) is 2.98. The summed E-state index contributed by atoms with van der Waals surface area (Å²) in [5, 5.41) is 7.22. The van der Waals surface area contributed by atoms with Crippen LogP contribution in [0.1, 0.15) is 58.5 Å². The minimum atomic E-state index is -0.416. The Morgan fingerprint density at radius 1 is 0.878 bits per heavy atom. The number of amides is 1. The number of anilines is 3. The molecule has 5 aromatic rings. The van der Waals surface area contributed by atoms with E-state index >= 15 is 0 Å². The maximum Gasteiger partial charge on any atom is 0.338 e. The van der Waals surface area contributed by atoms with E-state index < -0.39 is 5.97 Å². The van der Waals surface area contributed by atoms with Crippen LogP contribution in [0.4, 0.5) is 17.3 Å². The number of hydrogen-bond acceptors (Lipinski definition) is 6. The quantitative estimate of drug-likeness (QED) is 0.193. The van der Waals surface area contributed by atoms with Gasteiger partial charge in [-0.2, -0.15) is 0 Å². The lowest BCUT2D eigenvalue weighted by Gasteiger charge is -2.15. The molecule has 0 aliphatic rings. The van der Waals surface area contributed by atoms with Crippen LogP contribution in [0.15, 0.2) is 91.1 Å². The normalized spacial score (nSPS) is 11.0. The molecule has 1 heterocycles. The Labute approximate surface area is 239 Å². The molecule has 0 fully saturated rings. The predicted molar refractivity (Wildman–Crippen MR) is 164 cm³/mol. The van der Waals surface area contributed by atoms with Gasteiger partial charge in [0.05, 0.1) is 17.7 Å². The first-order valence-electron chi connectivity index (χ1n) is 13.6. The van der Waals surface area contributed by atoms with Gasteiger partial charge in [0.15, 0.2) is 0 Å². The zero-order valence-electron chi connectivity index (χ0n) is 23.6. The molecule has 2 N–H and O–H groups in total. The molecule has 0 aliphatic heterocycles. The van der Waals surface area contributed by atoms with Gasteiger partial charge in [-0.05, 0) is 72.9 Å².